The lowest BCUT2D eigenvalue weighted by atomic mass is 9.82. The van der Waals surface area contributed by atoms with Crippen molar-refractivity contribution in [1.82, 2.24) is 25.2 Å². The van der Waals surface area contributed by atoms with E-state index in [1.54, 1.807) is 11.7 Å². The molecule has 4 rings (SSSR count). The third-order valence-corrected chi connectivity index (χ3v) is 6.97. The number of aryl methyl sites for hydroxylation is 1. The lowest BCUT2D eigenvalue weighted by molar-refractivity contribution is -0.121. The van der Waals surface area contributed by atoms with Crippen LogP contribution in [0.2, 0.25) is 0 Å². The van der Waals surface area contributed by atoms with E-state index in [9.17, 15) is 4.79 Å². The molecule has 8 heteroatoms. The first-order valence-corrected chi connectivity index (χ1v) is 10.5. The predicted molar refractivity (Wildman–Crippen MR) is 104 cm³/mol. The minimum Gasteiger partial charge on any atom is -0.370 e. The zero-order valence-electron chi connectivity index (χ0n) is 16.0. The van der Waals surface area contributed by atoms with Gasteiger partial charge in [0.2, 0.25) is 5.91 Å². The zero-order chi connectivity index (χ0) is 18.9. The molecule has 0 bridgehead atoms. The molecule has 0 aliphatic carbocycles. The Kier molecular flexibility index (Phi) is 5.29. The molecule has 2 aromatic rings. The number of piperidine rings is 1. The Bertz CT molecular complexity index is 807. The molecule has 1 saturated heterocycles. The SMILES string of the molecule is CCc1cc2c(s1)CCOC21CCN(Cc2cn(CC(=O)NC)nn2)CC1. The first-order valence-electron chi connectivity index (χ1n) is 9.70. The molecule has 2 aromatic heterocycles. The van der Waals surface area contributed by atoms with E-state index in [0.29, 0.717) is 0 Å². The largest absolute Gasteiger partial charge is 0.370 e. The van der Waals surface area contributed by atoms with Gasteiger partial charge >= 0.3 is 0 Å². The number of rotatable bonds is 5. The van der Waals surface area contributed by atoms with E-state index in [2.05, 4.69) is 33.5 Å². The van der Waals surface area contributed by atoms with E-state index in [0.717, 1.165) is 57.6 Å². The van der Waals surface area contributed by atoms with Crippen molar-refractivity contribution >= 4 is 17.2 Å². The number of carbonyl (C=O) groups is 1. The van der Waals surface area contributed by atoms with Crippen LogP contribution in [0.25, 0.3) is 0 Å². The number of amides is 1. The number of hydrogen-bond acceptors (Lipinski definition) is 6. The van der Waals surface area contributed by atoms with Gasteiger partial charge in [0.05, 0.1) is 24.1 Å². The summed E-state index contributed by atoms with van der Waals surface area (Å²) in [7, 11) is 1.62. The summed E-state index contributed by atoms with van der Waals surface area (Å²) >= 11 is 1.97. The van der Waals surface area contributed by atoms with Gasteiger partial charge in [-0.15, -0.1) is 16.4 Å². The average molecular weight is 390 g/mol. The van der Waals surface area contributed by atoms with Gasteiger partial charge in [-0.3, -0.25) is 9.69 Å². The van der Waals surface area contributed by atoms with Gasteiger partial charge in [-0.2, -0.15) is 0 Å². The first-order chi connectivity index (χ1) is 13.1. The fourth-order valence-electron chi connectivity index (χ4n) is 4.08. The summed E-state index contributed by atoms with van der Waals surface area (Å²) in [5, 5.41) is 10.9. The van der Waals surface area contributed by atoms with Gasteiger partial charge < -0.3 is 10.1 Å². The molecule has 146 valence electrons. The number of carbonyl (C=O) groups excluding carboxylic acids is 1. The molecule has 1 spiro atoms. The fraction of sp³-hybridized carbons (Fsp3) is 0.632. The van der Waals surface area contributed by atoms with Crippen molar-refractivity contribution in [2.75, 3.05) is 26.7 Å². The normalized spacial score (nSPS) is 19.2. The second-order valence-electron chi connectivity index (χ2n) is 7.35. The highest BCUT2D eigenvalue weighted by molar-refractivity contribution is 7.12. The number of likely N-dealkylation sites (N-methyl/N-ethyl adjacent to an activating group) is 1. The Balaban J connectivity index is 1.39. The summed E-state index contributed by atoms with van der Waals surface area (Å²) in [4.78, 5) is 16.9. The van der Waals surface area contributed by atoms with Gasteiger partial charge in [-0.05, 0) is 30.9 Å². The molecular formula is C19H27N5O2S. The van der Waals surface area contributed by atoms with Gasteiger partial charge in [0.25, 0.3) is 0 Å². The van der Waals surface area contributed by atoms with E-state index >= 15 is 0 Å². The van der Waals surface area contributed by atoms with Gasteiger partial charge in [0.15, 0.2) is 0 Å². The molecule has 1 amide bonds. The van der Waals surface area contributed by atoms with Gasteiger partial charge in [-0.1, -0.05) is 12.1 Å². The number of nitrogens with one attached hydrogen (secondary N) is 1. The second-order valence-corrected chi connectivity index (χ2v) is 8.57. The van der Waals surface area contributed by atoms with E-state index in [1.807, 2.05) is 17.5 Å². The standard InChI is InChI=1S/C19H27N5O2S/c1-3-15-10-16-17(27-15)4-9-26-19(16)5-7-23(8-6-19)11-14-12-24(22-21-14)13-18(25)20-2/h10,12H,3-9,11,13H2,1-2H3,(H,20,25). The lowest BCUT2D eigenvalue weighted by Crippen LogP contribution is -2.45. The third-order valence-electron chi connectivity index (χ3n) is 5.63. The number of hydrogen-bond donors (Lipinski definition) is 1. The number of ether oxygens (including phenoxy) is 1. The topological polar surface area (TPSA) is 72.3 Å². The number of fused-ring (bicyclic) bond motifs is 2. The molecule has 0 radical (unpaired) electrons. The summed E-state index contributed by atoms with van der Waals surface area (Å²) in [6.07, 6.45) is 6.06. The highest BCUT2D eigenvalue weighted by Crippen LogP contribution is 2.44. The Labute approximate surface area is 163 Å². The Morgan fingerprint density at radius 2 is 2.22 bits per heavy atom. The van der Waals surface area contributed by atoms with Crippen molar-refractivity contribution in [3.8, 4) is 0 Å². The highest BCUT2D eigenvalue weighted by Gasteiger charge is 2.41. The lowest BCUT2D eigenvalue weighted by Gasteiger charge is -2.44. The van der Waals surface area contributed by atoms with E-state index in [1.165, 1.54) is 15.3 Å². The summed E-state index contributed by atoms with van der Waals surface area (Å²) < 4.78 is 7.94. The van der Waals surface area contributed by atoms with Crippen LogP contribution in [0, 0.1) is 0 Å². The quantitative estimate of drug-likeness (QED) is 0.843. The van der Waals surface area contributed by atoms with Crippen LogP contribution in [0.4, 0.5) is 0 Å². The number of nitrogens with zero attached hydrogens (tertiary/aromatic N) is 4. The first kappa shape index (κ1) is 18.6. The zero-order valence-corrected chi connectivity index (χ0v) is 16.8. The maximum absolute atomic E-state index is 11.5. The molecule has 1 N–H and O–H groups in total. The van der Waals surface area contributed by atoms with Crippen molar-refractivity contribution < 1.29 is 9.53 Å². The van der Waals surface area contributed by atoms with Gasteiger partial charge in [0, 0.05) is 42.9 Å². The van der Waals surface area contributed by atoms with E-state index in [-0.39, 0.29) is 18.1 Å². The molecule has 1 fully saturated rings. The fourth-order valence-corrected chi connectivity index (χ4v) is 5.25. The molecule has 2 aliphatic heterocycles. The Morgan fingerprint density at radius 3 is 2.96 bits per heavy atom. The molecule has 27 heavy (non-hydrogen) atoms. The molecule has 0 saturated carbocycles. The van der Waals surface area contributed by atoms with Crippen LogP contribution in [0.5, 0.6) is 0 Å². The second kappa shape index (κ2) is 7.69. The molecule has 7 nitrogen and oxygen atoms in total. The molecule has 0 aromatic carbocycles. The minimum atomic E-state index is -0.0924. The van der Waals surface area contributed by atoms with Gasteiger partial charge in [-0.25, -0.2) is 4.68 Å². The molecule has 0 unspecified atom stereocenters. The molecule has 4 heterocycles. The molecule has 2 aliphatic rings. The predicted octanol–water partition coefficient (Wildman–Crippen LogP) is 1.71. The smallest absolute Gasteiger partial charge is 0.241 e. The Hall–Kier alpha value is -1.77. The number of likely N-dealkylation sites (tertiary alicyclic amines) is 1. The van der Waals surface area contributed by atoms with Crippen LogP contribution in [0.1, 0.15) is 40.8 Å². The summed E-state index contributed by atoms with van der Waals surface area (Å²) in [6, 6.07) is 2.39. The van der Waals surface area contributed by atoms with Crippen LogP contribution < -0.4 is 5.32 Å². The van der Waals surface area contributed by atoms with E-state index < -0.39 is 0 Å². The maximum Gasteiger partial charge on any atom is 0.241 e. The maximum atomic E-state index is 11.5. The van der Waals surface area contributed by atoms with Crippen LogP contribution in [0.3, 0.4) is 0 Å². The Morgan fingerprint density at radius 1 is 1.41 bits per heavy atom. The van der Waals surface area contributed by atoms with Crippen LogP contribution in [-0.2, 0) is 41.1 Å². The summed E-state index contributed by atoms with van der Waals surface area (Å²) in [6.45, 7) is 6.01. The monoisotopic (exact) mass is 389 g/mol. The third kappa shape index (κ3) is 3.79. The van der Waals surface area contributed by atoms with Crippen molar-refractivity contribution in [2.45, 2.75) is 51.3 Å². The molecule has 0 atom stereocenters. The van der Waals surface area contributed by atoms with Crippen LogP contribution in [0.15, 0.2) is 12.3 Å². The average Bonchev–Trinajstić information content (AvgIpc) is 3.31. The number of thiophene rings is 1. The van der Waals surface area contributed by atoms with Crippen LogP contribution >= 0.6 is 11.3 Å². The van der Waals surface area contributed by atoms with E-state index in [4.69, 9.17) is 4.74 Å². The van der Waals surface area contributed by atoms with Crippen LogP contribution in [-0.4, -0.2) is 52.5 Å². The van der Waals surface area contributed by atoms with Crippen molar-refractivity contribution in [2.24, 2.45) is 0 Å². The van der Waals surface area contributed by atoms with Crippen molar-refractivity contribution in [3.05, 3.63) is 33.3 Å². The summed E-state index contributed by atoms with van der Waals surface area (Å²) in [5.41, 5.74) is 2.26. The molecular weight excluding hydrogens is 362 g/mol. The van der Waals surface area contributed by atoms with Crippen molar-refractivity contribution in [1.29, 1.82) is 0 Å². The minimum absolute atomic E-state index is 0.0705. The van der Waals surface area contributed by atoms with Gasteiger partial charge in [0.1, 0.15) is 6.54 Å². The highest BCUT2D eigenvalue weighted by atomic mass is 32.1. The summed E-state index contributed by atoms with van der Waals surface area (Å²) in [5.74, 6) is -0.0705. The number of aromatic nitrogens is 3. The van der Waals surface area contributed by atoms with Crippen molar-refractivity contribution in [3.63, 3.8) is 0 Å².